The maximum Gasteiger partial charge on any atom is 0.225 e. The van der Waals surface area contributed by atoms with Gasteiger partial charge in [0.05, 0.1) is 5.69 Å². The third-order valence-electron chi connectivity index (χ3n) is 4.57. The molecule has 1 aromatic heterocycles. The van der Waals surface area contributed by atoms with Crippen LogP contribution in [0.2, 0.25) is 0 Å². The zero-order valence-corrected chi connectivity index (χ0v) is 12.2. The molecule has 0 atom stereocenters. The van der Waals surface area contributed by atoms with Crippen molar-refractivity contribution in [2.45, 2.75) is 44.9 Å². The zero-order chi connectivity index (χ0) is 13.9. The summed E-state index contributed by atoms with van der Waals surface area (Å²) in [5.41, 5.74) is 2.42. The number of fused-ring (bicyclic) bond motifs is 1. The highest BCUT2D eigenvalue weighted by atomic mass is 16.1. The fourth-order valence-corrected chi connectivity index (χ4v) is 3.38. The highest BCUT2D eigenvalue weighted by Gasteiger charge is 2.22. The summed E-state index contributed by atoms with van der Waals surface area (Å²) in [7, 11) is 1.92. The number of rotatable bonds is 4. The Kier molecular flexibility index (Phi) is 4.05. The standard InChI is InChI=1S/C15H24N4O/c1-19-15(12-3-2-4-13(12)18-19)17-14(20)6-5-11-7-9-16-10-8-11/h11,16H,2-10H2,1H3,(H,17,20). The van der Waals surface area contributed by atoms with E-state index in [4.69, 9.17) is 0 Å². The van der Waals surface area contributed by atoms with Crippen LogP contribution in [0.4, 0.5) is 5.82 Å². The van der Waals surface area contributed by atoms with Gasteiger partial charge in [-0.15, -0.1) is 0 Å². The van der Waals surface area contributed by atoms with Gasteiger partial charge < -0.3 is 10.6 Å². The van der Waals surface area contributed by atoms with Crippen molar-refractivity contribution in [2.75, 3.05) is 18.4 Å². The number of aromatic nitrogens is 2. The Morgan fingerprint density at radius 2 is 2.20 bits per heavy atom. The van der Waals surface area contributed by atoms with Crippen molar-refractivity contribution in [1.82, 2.24) is 15.1 Å². The van der Waals surface area contributed by atoms with Crippen LogP contribution in [0.1, 0.15) is 43.4 Å². The first-order valence-electron chi connectivity index (χ1n) is 7.79. The Bertz CT molecular complexity index is 488. The lowest BCUT2D eigenvalue weighted by molar-refractivity contribution is -0.116. The molecular formula is C15H24N4O. The van der Waals surface area contributed by atoms with Gasteiger partial charge in [-0.25, -0.2) is 0 Å². The number of carbonyl (C=O) groups is 1. The maximum absolute atomic E-state index is 12.1. The molecule has 5 heteroatoms. The van der Waals surface area contributed by atoms with Crippen LogP contribution in [-0.4, -0.2) is 28.8 Å². The summed E-state index contributed by atoms with van der Waals surface area (Å²) >= 11 is 0. The highest BCUT2D eigenvalue weighted by molar-refractivity contribution is 5.90. The van der Waals surface area contributed by atoms with Crippen LogP contribution >= 0.6 is 0 Å². The first-order valence-corrected chi connectivity index (χ1v) is 7.79. The van der Waals surface area contributed by atoms with Crippen LogP contribution in [0.5, 0.6) is 0 Å². The van der Waals surface area contributed by atoms with Crippen LogP contribution in [0, 0.1) is 5.92 Å². The number of hydrogen-bond acceptors (Lipinski definition) is 3. The van der Waals surface area contributed by atoms with Gasteiger partial charge in [0.2, 0.25) is 5.91 Å². The Morgan fingerprint density at radius 3 is 3.00 bits per heavy atom. The number of anilines is 1. The predicted molar refractivity (Wildman–Crippen MR) is 78.7 cm³/mol. The summed E-state index contributed by atoms with van der Waals surface area (Å²) in [5, 5.41) is 10.9. The van der Waals surface area contributed by atoms with Gasteiger partial charge in [0, 0.05) is 19.0 Å². The van der Waals surface area contributed by atoms with Gasteiger partial charge in [-0.2, -0.15) is 5.10 Å². The first kappa shape index (κ1) is 13.6. The van der Waals surface area contributed by atoms with Gasteiger partial charge in [0.1, 0.15) is 5.82 Å². The summed E-state index contributed by atoms with van der Waals surface area (Å²) in [6.07, 6.45) is 7.30. The molecule has 5 nitrogen and oxygen atoms in total. The molecule has 1 aromatic rings. The summed E-state index contributed by atoms with van der Waals surface area (Å²) in [5.74, 6) is 1.77. The minimum absolute atomic E-state index is 0.140. The van der Waals surface area contributed by atoms with E-state index in [1.807, 2.05) is 11.7 Å². The number of nitrogens with zero attached hydrogens (tertiary/aromatic N) is 2. The van der Waals surface area contributed by atoms with Crippen molar-refractivity contribution in [2.24, 2.45) is 13.0 Å². The Morgan fingerprint density at radius 1 is 1.40 bits per heavy atom. The van der Waals surface area contributed by atoms with E-state index in [-0.39, 0.29) is 5.91 Å². The van der Waals surface area contributed by atoms with E-state index < -0.39 is 0 Å². The molecule has 0 spiro atoms. The molecule has 3 rings (SSSR count). The monoisotopic (exact) mass is 276 g/mol. The van der Waals surface area contributed by atoms with E-state index in [1.165, 1.54) is 24.1 Å². The molecule has 1 aliphatic carbocycles. The van der Waals surface area contributed by atoms with Gasteiger partial charge in [-0.1, -0.05) is 0 Å². The van der Waals surface area contributed by atoms with Crippen molar-refractivity contribution in [3.05, 3.63) is 11.3 Å². The lowest BCUT2D eigenvalue weighted by Gasteiger charge is -2.22. The summed E-state index contributed by atoms with van der Waals surface area (Å²) in [4.78, 5) is 12.1. The highest BCUT2D eigenvalue weighted by Crippen LogP contribution is 2.28. The fourth-order valence-electron chi connectivity index (χ4n) is 3.38. The molecule has 0 bridgehead atoms. The number of amides is 1. The molecule has 0 unspecified atom stereocenters. The summed E-state index contributed by atoms with van der Waals surface area (Å²) in [6.45, 7) is 2.20. The van der Waals surface area contributed by atoms with Gasteiger partial charge in [0.25, 0.3) is 0 Å². The number of nitrogens with one attached hydrogen (secondary N) is 2. The maximum atomic E-state index is 12.1. The van der Waals surface area contributed by atoms with Gasteiger partial charge in [-0.05, 0) is 57.5 Å². The smallest absolute Gasteiger partial charge is 0.225 e. The minimum atomic E-state index is 0.140. The van der Waals surface area contributed by atoms with E-state index >= 15 is 0 Å². The van der Waals surface area contributed by atoms with Gasteiger partial charge >= 0.3 is 0 Å². The van der Waals surface area contributed by atoms with Crippen molar-refractivity contribution in [3.63, 3.8) is 0 Å². The second kappa shape index (κ2) is 5.95. The van der Waals surface area contributed by atoms with Crippen LogP contribution in [-0.2, 0) is 24.7 Å². The van der Waals surface area contributed by atoms with E-state index in [2.05, 4.69) is 15.7 Å². The van der Waals surface area contributed by atoms with E-state index in [1.54, 1.807) is 0 Å². The molecule has 1 saturated heterocycles. The molecule has 0 aromatic carbocycles. The SMILES string of the molecule is Cn1nc2c(c1NC(=O)CCC1CCNCC1)CCC2. The molecule has 0 saturated carbocycles. The molecule has 110 valence electrons. The Balaban J connectivity index is 1.54. The average molecular weight is 276 g/mol. The molecule has 20 heavy (non-hydrogen) atoms. The topological polar surface area (TPSA) is 59.0 Å². The van der Waals surface area contributed by atoms with Crippen molar-refractivity contribution in [1.29, 1.82) is 0 Å². The lowest BCUT2D eigenvalue weighted by Crippen LogP contribution is -2.28. The van der Waals surface area contributed by atoms with Gasteiger partial charge in [0.15, 0.2) is 0 Å². The van der Waals surface area contributed by atoms with Crippen LogP contribution in [0.15, 0.2) is 0 Å². The number of hydrogen-bond donors (Lipinski definition) is 2. The average Bonchev–Trinajstić information content (AvgIpc) is 3.01. The molecule has 1 amide bonds. The normalized spacial score (nSPS) is 19.1. The molecule has 1 aliphatic heterocycles. The van der Waals surface area contributed by atoms with Gasteiger partial charge in [-0.3, -0.25) is 9.48 Å². The lowest BCUT2D eigenvalue weighted by atomic mass is 9.93. The second-order valence-electron chi connectivity index (χ2n) is 6.03. The zero-order valence-electron chi connectivity index (χ0n) is 12.2. The minimum Gasteiger partial charge on any atom is -0.317 e. The molecule has 2 heterocycles. The molecule has 0 radical (unpaired) electrons. The number of carbonyl (C=O) groups excluding carboxylic acids is 1. The fraction of sp³-hybridized carbons (Fsp3) is 0.733. The van der Waals surface area contributed by atoms with Crippen molar-refractivity contribution in [3.8, 4) is 0 Å². The Hall–Kier alpha value is -1.36. The first-order chi connectivity index (χ1) is 9.74. The summed E-state index contributed by atoms with van der Waals surface area (Å²) < 4.78 is 1.83. The quantitative estimate of drug-likeness (QED) is 0.878. The third-order valence-corrected chi connectivity index (χ3v) is 4.57. The summed E-state index contributed by atoms with van der Waals surface area (Å²) in [6, 6.07) is 0. The number of aryl methyl sites for hydroxylation is 2. The second-order valence-corrected chi connectivity index (χ2v) is 6.03. The molecule has 2 aliphatic rings. The van der Waals surface area contributed by atoms with E-state index in [9.17, 15) is 4.79 Å². The predicted octanol–water partition coefficient (Wildman–Crippen LogP) is 1.63. The van der Waals surface area contributed by atoms with Crippen molar-refractivity contribution < 1.29 is 4.79 Å². The largest absolute Gasteiger partial charge is 0.317 e. The van der Waals surface area contributed by atoms with Crippen LogP contribution in [0.25, 0.3) is 0 Å². The third kappa shape index (κ3) is 2.87. The van der Waals surface area contributed by atoms with E-state index in [0.717, 1.165) is 44.6 Å². The number of piperidine rings is 1. The molecule has 1 fully saturated rings. The van der Waals surface area contributed by atoms with Crippen LogP contribution in [0.3, 0.4) is 0 Å². The molecule has 2 N–H and O–H groups in total. The Labute approximate surface area is 120 Å². The van der Waals surface area contributed by atoms with Crippen molar-refractivity contribution >= 4 is 11.7 Å². The molecular weight excluding hydrogens is 252 g/mol. The van der Waals surface area contributed by atoms with E-state index in [0.29, 0.717) is 12.3 Å². The van der Waals surface area contributed by atoms with Crippen LogP contribution < -0.4 is 10.6 Å².